The summed E-state index contributed by atoms with van der Waals surface area (Å²) in [6.45, 7) is 4.17. The molecule has 0 heterocycles. The second kappa shape index (κ2) is 16.3. The van der Waals surface area contributed by atoms with E-state index in [9.17, 15) is 18.1 Å². The fraction of sp³-hybridized carbons (Fsp3) is 1.00. The van der Waals surface area contributed by atoms with E-state index in [1.165, 1.54) is 32.1 Å². The van der Waals surface area contributed by atoms with Crippen molar-refractivity contribution in [2.45, 2.75) is 109 Å². The molecule has 2 unspecified atom stereocenters. The Morgan fingerprint density at radius 1 is 0.783 bits per heavy atom. The number of rotatable bonds is 15. The molecule has 2 atom stereocenters. The van der Waals surface area contributed by atoms with Gasteiger partial charge in [0.2, 0.25) is 0 Å². The first-order valence-electron chi connectivity index (χ1n) is 9.04. The van der Waals surface area contributed by atoms with Gasteiger partial charge in [-0.1, -0.05) is 71.6 Å². The Labute approximate surface area is 165 Å². The summed E-state index contributed by atoms with van der Waals surface area (Å²) in [7, 11) is -4.24. The van der Waals surface area contributed by atoms with E-state index in [0.29, 0.717) is 25.7 Å². The topological polar surface area (TPSA) is 77.4 Å². The van der Waals surface area contributed by atoms with E-state index >= 15 is 0 Å². The predicted molar refractivity (Wildman–Crippen MR) is 90.9 cm³/mol. The van der Waals surface area contributed by atoms with Gasteiger partial charge in [0.05, 0.1) is 16.2 Å². The third kappa shape index (κ3) is 16.1. The molecule has 0 bridgehead atoms. The second-order valence-corrected chi connectivity index (χ2v) is 8.05. The number of aliphatic hydroxyl groups excluding tert-OH is 1. The van der Waals surface area contributed by atoms with Crippen molar-refractivity contribution in [1.82, 2.24) is 0 Å². The summed E-state index contributed by atoms with van der Waals surface area (Å²) in [6, 6.07) is 0. The standard InChI is InChI=1S/C17H36O4S.Na/c1-3-5-6-7-8-9-10-11-13-17(22(19,20)21)15-14-16(18)12-4-2;/h16-18H,3-15H2,1-2H3,(H,19,20,21);/q;+1/p-1. The van der Waals surface area contributed by atoms with Crippen LogP contribution in [-0.4, -0.2) is 29.4 Å². The van der Waals surface area contributed by atoms with Gasteiger partial charge in [0, 0.05) is 5.25 Å². The molecule has 0 rings (SSSR count). The SMILES string of the molecule is CCCCCCCCCCC(CCC(O)CCC)S(=O)(=O)[O-].[Na+]. The monoisotopic (exact) mass is 358 g/mol. The van der Waals surface area contributed by atoms with Gasteiger partial charge in [0.25, 0.3) is 0 Å². The summed E-state index contributed by atoms with van der Waals surface area (Å²) in [6.07, 6.45) is 11.4. The van der Waals surface area contributed by atoms with Crippen molar-refractivity contribution in [2.75, 3.05) is 0 Å². The van der Waals surface area contributed by atoms with Crippen LogP contribution < -0.4 is 29.6 Å². The Morgan fingerprint density at radius 3 is 1.78 bits per heavy atom. The van der Waals surface area contributed by atoms with Gasteiger partial charge in [0.15, 0.2) is 0 Å². The molecule has 0 aromatic heterocycles. The quantitative estimate of drug-likeness (QED) is 0.272. The molecular weight excluding hydrogens is 323 g/mol. The van der Waals surface area contributed by atoms with Crippen molar-refractivity contribution in [2.24, 2.45) is 0 Å². The van der Waals surface area contributed by atoms with Crippen LogP contribution in [0.3, 0.4) is 0 Å². The van der Waals surface area contributed by atoms with Crippen LogP contribution in [0.15, 0.2) is 0 Å². The Bertz CT molecular complexity index is 347. The first-order chi connectivity index (χ1) is 10.4. The van der Waals surface area contributed by atoms with E-state index in [1.807, 2.05) is 6.92 Å². The first kappa shape index (κ1) is 26.1. The molecule has 0 aromatic rings. The van der Waals surface area contributed by atoms with Gasteiger partial charge in [-0.15, -0.1) is 0 Å². The van der Waals surface area contributed by atoms with Crippen molar-refractivity contribution in [3.05, 3.63) is 0 Å². The van der Waals surface area contributed by atoms with Crippen LogP contribution in [-0.2, 0) is 10.1 Å². The normalized spacial score (nSPS) is 14.3. The van der Waals surface area contributed by atoms with E-state index in [-0.39, 0.29) is 29.6 Å². The molecule has 23 heavy (non-hydrogen) atoms. The molecule has 0 aliphatic rings. The second-order valence-electron chi connectivity index (χ2n) is 6.40. The predicted octanol–water partition coefficient (Wildman–Crippen LogP) is 1.38. The zero-order chi connectivity index (χ0) is 16.8. The molecule has 4 nitrogen and oxygen atoms in total. The molecular formula is C17H35NaO4S. The molecule has 0 radical (unpaired) electrons. The average molecular weight is 359 g/mol. The maximum Gasteiger partial charge on any atom is 1.00 e. The first-order valence-corrected chi connectivity index (χ1v) is 10.5. The number of hydrogen-bond acceptors (Lipinski definition) is 4. The minimum Gasteiger partial charge on any atom is -0.748 e. The third-order valence-electron chi connectivity index (χ3n) is 4.23. The van der Waals surface area contributed by atoms with Crippen molar-refractivity contribution in [3.63, 3.8) is 0 Å². The van der Waals surface area contributed by atoms with E-state index in [0.717, 1.165) is 25.7 Å². The van der Waals surface area contributed by atoms with Crippen LogP contribution in [0.2, 0.25) is 0 Å². The van der Waals surface area contributed by atoms with E-state index in [2.05, 4.69) is 6.92 Å². The van der Waals surface area contributed by atoms with Crippen LogP contribution in [0, 0.1) is 0 Å². The molecule has 0 fully saturated rings. The fourth-order valence-corrected chi connectivity index (χ4v) is 3.67. The largest absolute Gasteiger partial charge is 1.00 e. The Morgan fingerprint density at radius 2 is 1.30 bits per heavy atom. The van der Waals surface area contributed by atoms with Gasteiger partial charge in [0.1, 0.15) is 0 Å². The van der Waals surface area contributed by atoms with Crippen molar-refractivity contribution in [1.29, 1.82) is 0 Å². The van der Waals surface area contributed by atoms with Gasteiger partial charge >= 0.3 is 29.6 Å². The van der Waals surface area contributed by atoms with Gasteiger partial charge in [-0.25, -0.2) is 8.42 Å². The molecule has 0 amide bonds. The van der Waals surface area contributed by atoms with Crippen molar-refractivity contribution < 1.29 is 47.6 Å². The van der Waals surface area contributed by atoms with Gasteiger partial charge < -0.3 is 9.66 Å². The molecule has 134 valence electrons. The van der Waals surface area contributed by atoms with E-state index in [1.54, 1.807) is 0 Å². The van der Waals surface area contributed by atoms with Crippen LogP contribution in [0.5, 0.6) is 0 Å². The number of aliphatic hydroxyl groups is 1. The van der Waals surface area contributed by atoms with E-state index < -0.39 is 21.5 Å². The Kier molecular flexibility index (Phi) is 18.5. The third-order valence-corrected chi connectivity index (χ3v) is 5.52. The maximum absolute atomic E-state index is 11.3. The number of hydrogen-bond donors (Lipinski definition) is 1. The maximum atomic E-state index is 11.3. The zero-order valence-corrected chi connectivity index (χ0v) is 18.2. The average Bonchev–Trinajstić information content (AvgIpc) is 2.43. The zero-order valence-electron chi connectivity index (χ0n) is 15.4. The van der Waals surface area contributed by atoms with Gasteiger partial charge in [-0.2, -0.15) is 0 Å². The molecule has 0 aliphatic heterocycles. The smallest absolute Gasteiger partial charge is 0.748 e. The molecule has 0 saturated heterocycles. The van der Waals surface area contributed by atoms with Crippen LogP contribution in [0.1, 0.15) is 97.3 Å². The summed E-state index contributed by atoms with van der Waals surface area (Å²) < 4.78 is 33.9. The molecule has 6 heteroatoms. The minimum atomic E-state index is -4.24. The summed E-state index contributed by atoms with van der Waals surface area (Å²) in [5.74, 6) is 0. The van der Waals surface area contributed by atoms with Crippen LogP contribution in [0.25, 0.3) is 0 Å². The Balaban J connectivity index is 0. The number of unbranched alkanes of at least 4 members (excludes halogenated alkanes) is 7. The molecule has 1 N–H and O–H groups in total. The van der Waals surface area contributed by atoms with Gasteiger partial charge in [-0.3, -0.25) is 0 Å². The summed E-state index contributed by atoms with van der Waals surface area (Å²) in [4.78, 5) is 0. The Hall–Kier alpha value is 0.870. The minimum absolute atomic E-state index is 0. The molecule has 0 aliphatic carbocycles. The fourth-order valence-electron chi connectivity index (χ4n) is 2.79. The van der Waals surface area contributed by atoms with E-state index in [4.69, 9.17) is 0 Å². The van der Waals surface area contributed by atoms with Crippen LogP contribution >= 0.6 is 0 Å². The van der Waals surface area contributed by atoms with Crippen molar-refractivity contribution >= 4 is 10.1 Å². The van der Waals surface area contributed by atoms with Gasteiger partial charge in [-0.05, 0) is 25.7 Å². The summed E-state index contributed by atoms with van der Waals surface area (Å²) in [5, 5.41) is 8.86. The molecule has 0 aromatic carbocycles. The molecule has 0 spiro atoms. The van der Waals surface area contributed by atoms with Crippen LogP contribution in [0.4, 0.5) is 0 Å². The molecule has 0 saturated carbocycles. The summed E-state index contributed by atoms with van der Waals surface area (Å²) in [5.41, 5.74) is 0. The van der Waals surface area contributed by atoms with Crippen molar-refractivity contribution in [3.8, 4) is 0 Å². The summed E-state index contributed by atoms with van der Waals surface area (Å²) >= 11 is 0.